The predicted octanol–water partition coefficient (Wildman–Crippen LogP) is 0.288. The smallest absolute Gasteiger partial charge is 0.101 e. The van der Waals surface area contributed by atoms with Crippen molar-refractivity contribution in [1.82, 2.24) is 0 Å². The minimum Gasteiger partial charge on any atom is -0.394 e. The second-order valence-electron chi connectivity index (χ2n) is 1.41. The van der Waals surface area contributed by atoms with Crippen LogP contribution in [-0.4, -0.2) is 32.2 Å². The Kier molecular flexibility index (Phi) is 5.92. The number of rotatable bonds is 3. The Hall–Kier alpha value is 0.710. The molecule has 0 heterocycles. The number of thioether (sulfide) groups is 1. The Morgan fingerprint density at radius 2 is 2.33 bits per heavy atom. The average Bonchev–Trinajstić information content (AvgIpc) is 1.83. The van der Waals surface area contributed by atoms with Crippen LogP contribution in [0.15, 0.2) is 0 Å². The van der Waals surface area contributed by atoms with Crippen LogP contribution >= 0.6 is 36.6 Å². The first-order chi connectivity index (χ1) is 4.16. The Labute approximate surface area is 69.1 Å². The van der Waals surface area contributed by atoms with E-state index in [4.69, 9.17) is 10.2 Å². The summed E-state index contributed by atoms with van der Waals surface area (Å²) in [4.78, 5) is 0. The lowest BCUT2D eigenvalue weighted by molar-refractivity contribution is 0.114. The van der Waals surface area contributed by atoms with E-state index >= 15 is 0 Å². The average molecular weight is 184 g/mol. The lowest BCUT2D eigenvalue weighted by Crippen LogP contribution is -2.14. The quantitative estimate of drug-likeness (QED) is 0.435. The number of aliphatic hydroxyl groups is 2. The maximum absolute atomic E-state index is 8.74. The van der Waals surface area contributed by atoms with E-state index < -0.39 is 6.10 Å². The SMILES string of the molecule is OCC(O)CSC(=S)S. The van der Waals surface area contributed by atoms with Gasteiger partial charge < -0.3 is 10.2 Å². The van der Waals surface area contributed by atoms with Crippen molar-refractivity contribution >= 4 is 40.1 Å². The van der Waals surface area contributed by atoms with Crippen LogP contribution in [0.25, 0.3) is 0 Å². The van der Waals surface area contributed by atoms with Gasteiger partial charge in [0.05, 0.1) is 12.7 Å². The Morgan fingerprint density at radius 3 is 2.67 bits per heavy atom. The molecule has 2 N–H and O–H groups in total. The minimum atomic E-state index is -0.680. The molecule has 0 aromatic rings. The molecule has 1 unspecified atom stereocenters. The van der Waals surface area contributed by atoms with Crippen LogP contribution in [0.4, 0.5) is 0 Å². The van der Waals surface area contributed by atoms with E-state index in [1.165, 1.54) is 11.8 Å². The molecular weight excluding hydrogens is 176 g/mol. The number of aliphatic hydroxyl groups excluding tert-OH is 2. The van der Waals surface area contributed by atoms with Gasteiger partial charge in [0.15, 0.2) is 0 Å². The Bertz CT molecular complexity index is 95.8. The molecule has 0 aromatic heterocycles. The van der Waals surface area contributed by atoms with Gasteiger partial charge in [-0.2, -0.15) is 0 Å². The molecule has 0 bridgehead atoms. The largest absolute Gasteiger partial charge is 0.394 e. The van der Waals surface area contributed by atoms with Crippen molar-refractivity contribution in [2.75, 3.05) is 12.4 Å². The van der Waals surface area contributed by atoms with Crippen molar-refractivity contribution in [3.05, 3.63) is 0 Å². The standard InChI is InChI=1S/C4H8O2S3/c5-1-3(6)2-9-4(7)8/h3,5-6H,1-2H2,(H,7,8). The van der Waals surface area contributed by atoms with Gasteiger partial charge >= 0.3 is 0 Å². The van der Waals surface area contributed by atoms with Crippen LogP contribution in [0.2, 0.25) is 0 Å². The van der Waals surface area contributed by atoms with Gasteiger partial charge in [-0.25, -0.2) is 0 Å². The highest BCUT2D eigenvalue weighted by Gasteiger charge is 2.01. The summed E-state index contributed by atoms with van der Waals surface area (Å²) in [6.07, 6.45) is -0.680. The minimum absolute atomic E-state index is 0.219. The van der Waals surface area contributed by atoms with Crippen LogP contribution in [0.5, 0.6) is 0 Å². The maximum Gasteiger partial charge on any atom is 0.101 e. The van der Waals surface area contributed by atoms with Crippen LogP contribution < -0.4 is 0 Å². The Morgan fingerprint density at radius 1 is 1.78 bits per heavy atom. The molecule has 0 aliphatic carbocycles. The highest BCUT2D eigenvalue weighted by atomic mass is 32.2. The fourth-order valence-electron chi connectivity index (χ4n) is 0.220. The first-order valence-electron chi connectivity index (χ1n) is 2.31. The molecule has 54 valence electrons. The fourth-order valence-corrected chi connectivity index (χ4v) is 1.09. The zero-order valence-corrected chi connectivity index (χ0v) is 7.18. The van der Waals surface area contributed by atoms with Gasteiger partial charge in [0.25, 0.3) is 0 Å². The van der Waals surface area contributed by atoms with E-state index in [1.54, 1.807) is 0 Å². The lowest BCUT2D eigenvalue weighted by Gasteiger charge is -2.03. The normalized spacial score (nSPS) is 13.2. The topological polar surface area (TPSA) is 40.5 Å². The van der Waals surface area contributed by atoms with E-state index in [0.717, 1.165) is 0 Å². The zero-order chi connectivity index (χ0) is 7.28. The number of hydrogen-bond donors (Lipinski definition) is 3. The molecule has 5 heteroatoms. The second-order valence-corrected chi connectivity index (χ2v) is 4.16. The molecule has 0 fully saturated rings. The third kappa shape index (κ3) is 6.60. The molecule has 0 aliphatic heterocycles. The highest BCUT2D eigenvalue weighted by Crippen LogP contribution is 2.08. The molecule has 0 amide bonds. The van der Waals surface area contributed by atoms with Crippen LogP contribution in [0, 0.1) is 0 Å². The van der Waals surface area contributed by atoms with E-state index in [9.17, 15) is 0 Å². The van der Waals surface area contributed by atoms with Crippen LogP contribution in [0.1, 0.15) is 0 Å². The molecule has 0 rings (SSSR count). The summed E-state index contributed by atoms with van der Waals surface area (Å²) in [6, 6.07) is 0. The van der Waals surface area contributed by atoms with Gasteiger partial charge in [-0.05, 0) is 0 Å². The molecule has 0 saturated carbocycles. The van der Waals surface area contributed by atoms with E-state index in [-0.39, 0.29) is 6.61 Å². The number of hydrogen-bond acceptors (Lipinski definition) is 4. The molecule has 9 heavy (non-hydrogen) atoms. The summed E-state index contributed by atoms with van der Waals surface area (Å²) in [5, 5.41) is 17.1. The van der Waals surface area contributed by atoms with Gasteiger partial charge in [-0.3, -0.25) is 0 Å². The number of thiocarbonyl (C=S) groups is 1. The molecule has 0 saturated heterocycles. The van der Waals surface area contributed by atoms with Gasteiger partial charge in [0, 0.05) is 5.75 Å². The van der Waals surface area contributed by atoms with Gasteiger partial charge in [0.1, 0.15) is 3.53 Å². The van der Waals surface area contributed by atoms with Crippen molar-refractivity contribution in [3.8, 4) is 0 Å². The summed E-state index contributed by atoms with van der Waals surface area (Å²) in [6.45, 7) is -0.219. The van der Waals surface area contributed by atoms with Crippen molar-refractivity contribution in [2.45, 2.75) is 6.10 Å². The van der Waals surface area contributed by atoms with Crippen molar-refractivity contribution < 1.29 is 10.2 Å². The van der Waals surface area contributed by atoms with Gasteiger partial charge in [-0.1, -0.05) is 12.2 Å². The van der Waals surface area contributed by atoms with E-state index in [1.807, 2.05) is 0 Å². The van der Waals surface area contributed by atoms with Gasteiger partial charge in [-0.15, -0.1) is 24.4 Å². The van der Waals surface area contributed by atoms with Crippen molar-refractivity contribution in [3.63, 3.8) is 0 Å². The first kappa shape index (κ1) is 9.71. The molecular formula is C4H8O2S3. The zero-order valence-electron chi connectivity index (χ0n) is 4.65. The van der Waals surface area contributed by atoms with Crippen molar-refractivity contribution in [1.29, 1.82) is 0 Å². The van der Waals surface area contributed by atoms with E-state index in [2.05, 4.69) is 24.8 Å². The molecule has 2 nitrogen and oxygen atoms in total. The monoisotopic (exact) mass is 184 g/mol. The predicted molar refractivity (Wildman–Crippen MR) is 47.1 cm³/mol. The third-order valence-corrected chi connectivity index (χ3v) is 2.15. The van der Waals surface area contributed by atoms with Crippen molar-refractivity contribution in [2.24, 2.45) is 0 Å². The van der Waals surface area contributed by atoms with Crippen LogP contribution in [0.3, 0.4) is 0 Å². The van der Waals surface area contributed by atoms with E-state index in [0.29, 0.717) is 9.28 Å². The first-order valence-corrected chi connectivity index (χ1v) is 4.15. The van der Waals surface area contributed by atoms with Crippen LogP contribution in [-0.2, 0) is 0 Å². The van der Waals surface area contributed by atoms with Gasteiger partial charge in [0.2, 0.25) is 0 Å². The molecule has 0 aliphatic rings. The summed E-state index contributed by atoms with van der Waals surface area (Å²) < 4.78 is 0.488. The summed E-state index contributed by atoms with van der Waals surface area (Å²) in [5.74, 6) is 0.416. The third-order valence-electron chi connectivity index (χ3n) is 0.610. The molecule has 0 spiro atoms. The molecule has 1 atom stereocenters. The summed E-state index contributed by atoms with van der Waals surface area (Å²) in [7, 11) is 0. The molecule has 0 radical (unpaired) electrons. The highest BCUT2D eigenvalue weighted by molar-refractivity contribution is 8.41. The summed E-state index contributed by atoms with van der Waals surface area (Å²) in [5.41, 5.74) is 0. The second kappa shape index (κ2) is 5.49. The lowest BCUT2D eigenvalue weighted by atomic mass is 10.4. The Balaban J connectivity index is 3.16. The summed E-state index contributed by atoms with van der Waals surface area (Å²) >= 11 is 9.66. The number of thiol groups is 1. The molecule has 0 aromatic carbocycles. The fraction of sp³-hybridized carbons (Fsp3) is 0.750. The maximum atomic E-state index is 8.74.